The minimum atomic E-state index is -0.584. The number of aromatic nitrogens is 2. The Morgan fingerprint density at radius 2 is 2.17 bits per heavy atom. The van der Waals surface area contributed by atoms with Gasteiger partial charge in [-0.3, -0.25) is 9.59 Å². The van der Waals surface area contributed by atoms with Gasteiger partial charge in [0, 0.05) is 13.0 Å². The van der Waals surface area contributed by atoms with Gasteiger partial charge >= 0.3 is 0 Å². The second kappa shape index (κ2) is 7.64. The Hall–Kier alpha value is -3.66. The number of aliphatic hydroxyl groups is 1. The van der Waals surface area contributed by atoms with Crippen LogP contribution in [0.25, 0.3) is 15.9 Å². The molecule has 0 bridgehead atoms. The predicted octanol–water partition coefficient (Wildman–Crippen LogP) is 2.83. The number of benzene rings is 1. The largest absolute Gasteiger partial charge is 0.513 e. The number of aromatic amines is 1. The van der Waals surface area contributed by atoms with Crippen molar-refractivity contribution in [1.82, 2.24) is 15.3 Å². The zero-order valence-electron chi connectivity index (χ0n) is 15.7. The third kappa shape index (κ3) is 3.77. The van der Waals surface area contributed by atoms with E-state index in [1.807, 2.05) is 0 Å². The summed E-state index contributed by atoms with van der Waals surface area (Å²) in [6.45, 7) is 7.29. The van der Waals surface area contributed by atoms with Crippen LogP contribution in [0, 0.1) is 5.82 Å². The number of fused-ring (bicyclic) bond motifs is 2. The number of hydrogen-bond donors (Lipinski definition) is 4. The number of nitrogens with zero attached hydrogens (tertiary/aromatic N) is 1. The van der Waals surface area contributed by atoms with Gasteiger partial charge in [0.1, 0.15) is 4.83 Å². The Kier molecular flexibility index (Phi) is 5.00. The van der Waals surface area contributed by atoms with E-state index in [0.29, 0.717) is 27.0 Å². The number of carbonyl (C=O) groups excluding carboxylic acids is 1. The Labute approximate surface area is 173 Å². The van der Waals surface area contributed by atoms with Crippen LogP contribution in [-0.4, -0.2) is 27.6 Å². The molecule has 0 unspecified atom stereocenters. The van der Waals surface area contributed by atoms with E-state index < -0.39 is 5.82 Å². The van der Waals surface area contributed by atoms with E-state index in [1.54, 1.807) is 11.4 Å². The van der Waals surface area contributed by atoms with Crippen LogP contribution >= 0.6 is 11.3 Å². The van der Waals surface area contributed by atoms with Crippen molar-refractivity contribution in [1.29, 1.82) is 0 Å². The van der Waals surface area contributed by atoms with Gasteiger partial charge in [0.25, 0.3) is 11.5 Å². The molecule has 1 aromatic carbocycles. The van der Waals surface area contributed by atoms with Crippen molar-refractivity contribution in [3.05, 3.63) is 69.6 Å². The normalized spacial score (nSPS) is 12.8. The molecule has 1 amide bonds. The third-order valence-electron chi connectivity index (χ3n) is 4.43. The van der Waals surface area contributed by atoms with Crippen molar-refractivity contribution in [2.24, 2.45) is 0 Å². The number of halogens is 1. The summed E-state index contributed by atoms with van der Waals surface area (Å²) in [5.74, 6) is -0.722. The molecule has 3 aromatic rings. The number of aliphatic hydroxyl groups excluding tert-OH is 1. The number of H-pyrrole nitrogens is 1. The number of nitrogens with one attached hydrogen (secondary N) is 3. The Balaban J connectivity index is 1.53. The Bertz CT molecular complexity index is 1260. The SMILES string of the molecule is C=C(O)Cc1csc2nc(C(=C)NCc3cc(F)c4c(c3)NC(=O)CO4)[nH]c(=O)c12. The van der Waals surface area contributed by atoms with Crippen LogP contribution in [0.3, 0.4) is 0 Å². The van der Waals surface area contributed by atoms with E-state index in [9.17, 15) is 19.1 Å². The molecule has 0 atom stereocenters. The molecule has 10 heteroatoms. The number of thiophene rings is 1. The van der Waals surface area contributed by atoms with E-state index in [2.05, 4.69) is 33.8 Å². The monoisotopic (exact) mass is 428 g/mol. The van der Waals surface area contributed by atoms with Crippen molar-refractivity contribution in [3.63, 3.8) is 0 Å². The summed E-state index contributed by atoms with van der Waals surface area (Å²) in [7, 11) is 0. The van der Waals surface area contributed by atoms with Gasteiger partial charge < -0.3 is 25.5 Å². The zero-order chi connectivity index (χ0) is 21.4. The number of carbonyl (C=O) groups is 1. The van der Waals surface area contributed by atoms with Gasteiger partial charge in [0.2, 0.25) is 0 Å². The van der Waals surface area contributed by atoms with Gasteiger partial charge in [-0.1, -0.05) is 13.2 Å². The minimum Gasteiger partial charge on any atom is -0.513 e. The number of hydrogen-bond acceptors (Lipinski definition) is 7. The third-order valence-corrected chi connectivity index (χ3v) is 5.35. The number of rotatable bonds is 6. The van der Waals surface area contributed by atoms with Gasteiger partial charge in [-0.2, -0.15) is 0 Å². The summed E-state index contributed by atoms with van der Waals surface area (Å²) in [6.07, 6.45) is 0.174. The maximum atomic E-state index is 14.2. The number of amides is 1. The highest BCUT2D eigenvalue weighted by Gasteiger charge is 2.21. The Morgan fingerprint density at radius 1 is 1.37 bits per heavy atom. The van der Waals surface area contributed by atoms with E-state index in [1.165, 1.54) is 17.4 Å². The lowest BCUT2D eigenvalue weighted by Gasteiger charge is -2.19. The molecule has 2 aromatic heterocycles. The maximum Gasteiger partial charge on any atom is 0.262 e. The predicted molar refractivity (Wildman–Crippen MR) is 112 cm³/mol. The average Bonchev–Trinajstić information content (AvgIpc) is 3.08. The highest BCUT2D eigenvalue weighted by Crippen LogP contribution is 2.32. The van der Waals surface area contributed by atoms with Crippen LogP contribution in [0.4, 0.5) is 10.1 Å². The van der Waals surface area contributed by atoms with Crippen molar-refractivity contribution in [3.8, 4) is 5.75 Å². The summed E-state index contributed by atoms with van der Waals surface area (Å²) in [4.78, 5) is 31.5. The first-order valence-corrected chi connectivity index (χ1v) is 9.75. The van der Waals surface area contributed by atoms with Crippen LogP contribution in [0.15, 0.2) is 41.2 Å². The van der Waals surface area contributed by atoms with Gasteiger partial charge in [-0.25, -0.2) is 9.37 Å². The molecule has 0 radical (unpaired) electrons. The number of allylic oxidation sites excluding steroid dienone is 1. The highest BCUT2D eigenvalue weighted by atomic mass is 32.1. The molecular weight excluding hydrogens is 411 g/mol. The molecule has 0 fully saturated rings. The van der Waals surface area contributed by atoms with E-state index in [-0.39, 0.29) is 54.1 Å². The van der Waals surface area contributed by atoms with Crippen LogP contribution in [0.2, 0.25) is 0 Å². The molecule has 0 saturated heterocycles. The molecular formula is C20H17FN4O4S. The van der Waals surface area contributed by atoms with Gasteiger partial charge in [-0.15, -0.1) is 11.3 Å². The van der Waals surface area contributed by atoms with Crippen LogP contribution in [0.1, 0.15) is 17.0 Å². The average molecular weight is 428 g/mol. The zero-order valence-corrected chi connectivity index (χ0v) is 16.5. The quantitative estimate of drug-likeness (QED) is 0.449. The van der Waals surface area contributed by atoms with E-state index >= 15 is 0 Å². The fourth-order valence-corrected chi connectivity index (χ4v) is 4.05. The van der Waals surface area contributed by atoms with Gasteiger partial charge in [-0.05, 0) is 28.6 Å². The molecule has 0 aliphatic carbocycles. The second-order valence-corrected chi connectivity index (χ2v) is 7.58. The number of ether oxygens (including phenoxy) is 1. The maximum absolute atomic E-state index is 14.2. The molecule has 4 rings (SSSR count). The van der Waals surface area contributed by atoms with Crippen molar-refractivity contribution in [2.75, 3.05) is 11.9 Å². The first-order valence-electron chi connectivity index (χ1n) is 8.87. The summed E-state index contributed by atoms with van der Waals surface area (Å²) < 4.78 is 19.3. The van der Waals surface area contributed by atoms with Crippen molar-refractivity contribution >= 4 is 38.8 Å². The Morgan fingerprint density at radius 3 is 2.93 bits per heavy atom. The van der Waals surface area contributed by atoms with Crippen LogP contribution in [-0.2, 0) is 17.8 Å². The second-order valence-electron chi connectivity index (χ2n) is 6.72. The van der Waals surface area contributed by atoms with Crippen molar-refractivity contribution < 1.29 is 19.0 Å². The molecule has 8 nitrogen and oxygen atoms in total. The molecule has 4 N–H and O–H groups in total. The van der Waals surface area contributed by atoms with Crippen molar-refractivity contribution in [2.45, 2.75) is 13.0 Å². The standard InChI is InChI=1S/C20H17FN4O4S/c1-9(26)3-12-8-30-20-16(12)19(28)24-18(25-20)10(2)22-6-11-4-13(21)17-14(5-11)23-15(27)7-29-17/h4-5,8,22,26H,1-3,6-7H2,(H,23,27)(H,24,25,28). The van der Waals surface area contributed by atoms with Crippen LogP contribution in [0.5, 0.6) is 5.75 Å². The summed E-state index contributed by atoms with van der Waals surface area (Å²) >= 11 is 1.28. The smallest absolute Gasteiger partial charge is 0.262 e. The van der Waals surface area contributed by atoms with Crippen LogP contribution < -0.4 is 20.9 Å². The molecule has 154 valence electrons. The van der Waals surface area contributed by atoms with E-state index in [0.717, 1.165) is 0 Å². The first-order chi connectivity index (χ1) is 14.3. The molecule has 0 saturated carbocycles. The first kappa shape index (κ1) is 19.6. The summed E-state index contributed by atoms with van der Waals surface area (Å²) in [6, 6.07) is 2.89. The number of anilines is 1. The van der Waals surface area contributed by atoms with E-state index in [4.69, 9.17) is 4.74 Å². The summed E-state index contributed by atoms with van der Waals surface area (Å²) in [5.41, 5.74) is 1.44. The molecule has 30 heavy (non-hydrogen) atoms. The molecule has 1 aliphatic heterocycles. The fourth-order valence-electron chi connectivity index (χ4n) is 3.11. The molecule has 1 aliphatic rings. The minimum absolute atomic E-state index is 0.00712. The molecule has 3 heterocycles. The fraction of sp³-hybridized carbons (Fsp3) is 0.150. The lowest BCUT2D eigenvalue weighted by atomic mass is 10.1. The lowest BCUT2D eigenvalue weighted by molar-refractivity contribution is -0.118. The topological polar surface area (TPSA) is 116 Å². The van der Waals surface area contributed by atoms with Gasteiger partial charge in [0.15, 0.2) is 24.0 Å². The van der Waals surface area contributed by atoms with Gasteiger partial charge in [0.05, 0.1) is 22.5 Å². The molecule has 0 spiro atoms. The lowest BCUT2D eigenvalue weighted by Crippen LogP contribution is -2.26. The highest BCUT2D eigenvalue weighted by molar-refractivity contribution is 7.16. The summed E-state index contributed by atoms with van der Waals surface area (Å²) in [5, 5.41) is 17.1.